The summed E-state index contributed by atoms with van der Waals surface area (Å²) in [5.74, 6) is -0.449. The highest BCUT2D eigenvalue weighted by Gasteiger charge is 2.16. The fourth-order valence-electron chi connectivity index (χ4n) is 4.32. The zero-order chi connectivity index (χ0) is 25.6. The molecule has 3 N–H and O–H groups in total. The first-order valence-corrected chi connectivity index (χ1v) is 13.2. The van der Waals surface area contributed by atoms with Crippen molar-refractivity contribution in [2.75, 3.05) is 6.26 Å². The van der Waals surface area contributed by atoms with Crippen molar-refractivity contribution < 1.29 is 12.8 Å². The number of fused-ring (bicyclic) bond motifs is 2. The third kappa shape index (κ3) is 4.57. The summed E-state index contributed by atoms with van der Waals surface area (Å²) in [7, 11) is -3.41. The van der Waals surface area contributed by atoms with Crippen LogP contribution in [0.15, 0.2) is 73.2 Å². The smallest absolute Gasteiger partial charge is 0.209 e. The second-order valence-corrected chi connectivity index (χ2v) is 10.5. The van der Waals surface area contributed by atoms with Crippen molar-refractivity contribution in [3.8, 4) is 33.9 Å². The third-order valence-corrected chi connectivity index (χ3v) is 6.63. The first-order valence-electron chi connectivity index (χ1n) is 11.3. The largest absolute Gasteiger partial charge is 0.353 e. The number of nitrogens with zero attached hydrogens (tertiary/aromatic N) is 4. The highest BCUT2D eigenvalue weighted by atomic mass is 32.2. The van der Waals surface area contributed by atoms with E-state index in [0.717, 1.165) is 33.9 Å². The van der Waals surface area contributed by atoms with Crippen LogP contribution in [0.3, 0.4) is 0 Å². The van der Waals surface area contributed by atoms with Gasteiger partial charge in [0.15, 0.2) is 0 Å². The molecule has 6 rings (SSSR count). The molecule has 0 saturated carbocycles. The maximum atomic E-state index is 14.5. The molecule has 0 unspecified atom stereocenters. The normalized spacial score (nSPS) is 11.9. The van der Waals surface area contributed by atoms with Crippen LogP contribution < -0.4 is 4.72 Å². The topological polar surface area (TPSA) is 129 Å². The molecule has 2 aromatic carbocycles. The van der Waals surface area contributed by atoms with Crippen LogP contribution in [0.5, 0.6) is 0 Å². The van der Waals surface area contributed by atoms with Crippen LogP contribution in [0, 0.1) is 5.82 Å². The Hall–Kier alpha value is -4.48. The van der Waals surface area contributed by atoms with Crippen molar-refractivity contribution in [1.82, 2.24) is 34.9 Å². The van der Waals surface area contributed by atoms with Gasteiger partial charge in [-0.2, -0.15) is 5.10 Å². The minimum Gasteiger partial charge on any atom is -0.353 e. The summed E-state index contributed by atoms with van der Waals surface area (Å²) in [5, 5.41) is 8.38. The van der Waals surface area contributed by atoms with Gasteiger partial charge >= 0.3 is 0 Å². The van der Waals surface area contributed by atoms with E-state index in [1.807, 2.05) is 36.4 Å². The summed E-state index contributed by atoms with van der Waals surface area (Å²) in [6, 6.07) is 16.0. The lowest BCUT2D eigenvalue weighted by molar-refractivity contribution is 0.586. The van der Waals surface area contributed by atoms with Crippen LogP contribution in [0.1, 0.15) is 5.56 Å². The molecule has 9 nitrogen and oxygen atoms in total. The predicted octanol–water partition coefficient (Wildman–Crippen LogP) is 4.42. The molecule has 0 radical (unpaired) electrons. The van der Waals surface area contributed by atoms with Crippen molar-refractivity contribution in [2.45, 2.75) is 6.54 Å². The van der Waals surface area contributed by atoms with Gasteiger partial charge in [0.2, 0.25) is 10.0 Å². The molecule has 4 aromatic heterocycles. The van der Waals surface area contributed by atoms with E-state index in [9.17, 15) is 12.8 Å². The van der Waals surface area contributed by atoms with Crippen molar-refractivity contribution in [3.63, 3.8) is 0 Å². The number of benzene rings is 2. The van der Waals surface area contributed by atoms with Gasteiger partial charge in [-0.15, -0.1) is 0 Å². The van der Waals surface area contributed by atoms with Gasteiger partial charge in [-0.1, -0.05) is 12.1 Å². The Morgan fingerprint density at radius 2 is 1.89 bits per heavy atom. The van der Waals surface area contributed by atoms with E-state index < -0.39 is 15.8 Å². The lowest BCUT2D eigenvalue weighted by Crippen LogP contribution is -2.21. The minimum absolute atomic E-state index is 0.00297. The minimum atomic E-state index is -3.41. The first kappa shape index (κ1) is 23.0. The Balaban J connectivity index is 1.44. The average Bonchev–Trinajstić information content (AvgIpc) is 3.51. The Morgan fingerprint density at radius 1 is 1.00 bits per heavy atom. The number of rotatable bonds is 6. The van der Waals surface area contributed by atoms with E-state index in [1.165, 1.54) is 12.1 Å². The van der Waals surface area contributed by atoms with Gasteiger partial charge in [0.25, 0.3) is 0 Å². The van der Waals surface area contributed by atoms with Gasteiger partial charge in [-0.25, -0.2) is 22.5 Å². The maximum Gasteiger partial charge on any atom is 0.209 e. The molecule has 4 heterocycles. The summed E-state index contributed by atoms with van der Waals surface area (Å²) in [4.78, 5) is 16.6. The van der Waals surface area contributed by atoms with Gasteiger partial charge in [0, 0.05) is 29.8 Å². The van der Waals surface area contributed by atoms with Crippen molar-refractivity contribution >= 4 is 32.0 Å². The van der Waals surface area contributed by atoms with Crippen LogP contribution in [0.25, 0.3) is 55.8 Å². The molecular formula is C26H20FN7O2S. The zero-order valence-corrected chi connectivity index (χ0v) is 20.3. The maximum absolute atomic E-state index is 14.5. The lowest BCUT2D eigenvalue weighted by Gasteiger charge is -2.08. The zero-order valence-electron chi connectivity index (χ0n) is 19.5. The Kier molecular flexibility index (Phi) is 5.50. The number of sulfonamides is 1. The van der Waals surface area contributed by atoms with Gasteiger partial charge in [-0.3, -0.25) is 15.1 Å². The molecule has 0 bridgehead atoms. The third-order valence-electron chi connectivity index (χ3n) is 5.96. The second-order valence-electron chi connectivity index (χ2n) is 8.65. The molecule has 0 aliphatic carbocycles. The van der Waals surface area contributed by atoms with E-state index >= 15 is 0 Å². The molecule has 0 fully saturated rings. The number of aromatic nitrogens is 6. The molecule has 0 aliphatic rings. The number of pyridine rings is 1. The van der Waals surface area contributed by atoms with Crippen molar-refractivity contribution in [1.29, 1.82) is 0 Å². The van der Waals surface area contributed by atoms with Gasteiger partial charge in [0.05, 0.1) is 29.4 Å². The SMILES string of the molecule is CS(=O)(=O)NCc1cc(F)cc(-c2cccc3[nH]c(-c4n[nH]c5ccc(-c6cnccn6)nc45)cc23)c1. The quantitative estimate of drug-likeness (QED) is 0.302. The fraction of sp³-hybridized carbons (Fsp3) is 0.0769. The summed E-state index contributed by atoms with van der Waals surface area (Å²) in [6.45, 7) is -0.00297. The van der Waals surface area contributed by atoms with E-state index in [4.69, 9.17) is 4.98 Å². The van der Waals surface area contributed by atoms with Crippen molar-refractivity contribution in [3.05, 3.63) is 84.6 Å². The molecule has 6 aromatic rings. The molecule has 0 atom stereocenters. The van der Waals surface area contributed by atoms with Crippen LogP contribution >= 0.6 is 0 Å². The Bertz CT molecular complexity index is 1880. The van der Waals surface area contributed by atoms with Crippen LogP contribution in [0.2, 0.25) is 0 Å². The average molecular weight is 514 g/mol. The molecule has 0 aliphatic heterocycles. The highest BCUT2D eigenvalue weighted by Crippen LogP contribution is 2.34. The molecule has 0 amide bonds. The number of hydrogen-bond acceptors (Lipinski definition) is 6. The highest BCUT2D eigenvalue weighted by molar-refractivity contribution is 7.88. The Labute approximate surface area is 210 Å². The van der Waals surface area contributed by atoms with Gasteiger partial charge < -0.3 is 4.98 Å². The summed E-state index contributed by atoms with van der Waals surface area (Å²) < 4.78 is 39.9. The van der Waals surface area contributed by atoms with Crippen molar-refractivity contribution in [2.24, 2.45) is 0 Å². The molecular weight excluding hydrogens is 493 g/mol. The molecule has 0 spiro atoms. The summed E-state index contributed by atoms with van der Waals surface area (Å²) >= 11 is 0. The monoisotopic (exact) mass is 513 g/mol. The Morgan fingerprint density at radius 3 is 2.70 bits per heavy atom. The number of hydrogen-bond donors (Lipinski definition) is 3. The second kappa shape index (κ2) is 8.87. The number of nitrogens with one attached hydrogen (secondary N) is 3. The predicted molar refractivity (Wildman–Crippen MR) is 139 cm³/mol. The molecule has 184 valence electrons. The van der Waals surface area contributed by atoms with E-state index in [2.05, 4.69) is 29.9 Å². The standard InChI is InChI=1S/C26H20FN7O2S/c1-37(35,36)30-13-15-9-16(11-17(27)10-15)18-3-2-4-20-19(18)12-23(31-20)26-25-22(33-34-26)6-5-21(32-25)24-14-28-7-8-29-24/h2-12,14,30-31H,13H2,1H3,(H,33,34). The summed E-state index contributed by atoms with van der Waals surface area (Å²) in [6.07, 6.45) is 5.95. The lowest BCUT2D eigenvalue weighted by atomic mass is 9.99. The molecule has 0 saturated heterocycles. The van der Waals surface area contributed by atoms with Crippen LogP contribution in [-0.2, 0) is 16.6 Å². The fourth-order valence-corrected chi connectivity index (χ4v) is 4.75. The van der Waals surface area contributed by atoms with Crippen LogP contribution in [0.4, 0.5) is 4.39 Å². The van der Waals surface area contributed by atoms with Gasteiger partial charge in [0.1, 0.15) is 22.7 Å². The van der Waals surface area contributed by atoms with E-state index in [0.29, 0.717) is 33.7 Å². The van der Waals surface area contributed by atoms with Crippen LogP contribution in [-0.4, -0.2) is 44.8 Å². The van der Waals surface area contributed by atoms with E-state index in [1.54, 1.807) is 24.7 Å². The van der Waals surface area contributed by atoms with E-state index in [-0.39, 0.29) is 6.54 Å². The summed E-state index contributed by atoms with van der Waals surface area (Å²) in [5.41, 5.74) is 6.96. The first-order chi connectivity index (χ1) is 17.8. The number of H-pyrrole nitrogens is 2. The number of halogens is 1. The van der Waals surface area contributed by atoms with Gasteiger partial charge in [-0.05, 0) is 59.2 Å². The molecule has 11 heteroatoms. The number of aromatic amines is 2. The molecule has 37 heavy (non-hydrogen) atoms.